The largest absolute Gasteiger partial charge is 0.356 e. The molecule has 1 amide bonds. The van der Waals surface area contributed by atoms with Gasteiger partial charge in [-0.3, -0.25) is 4.79 Å². The Kier molecular flexibility index (Phi) is 5.89. The number of fused-ring (bicyclic) bond motifs is 1. The SMILES string of the molecule is Cc1ccc(-c2nccc(N3CCC(C(=O)N[C@H]4CCCc5ccccc54)CC3)n2)cc1. The van der Waals surface area contributed by atoms with Crippen molar-refractivity contribution < 1.29 is 4.79 Å². The monoisotopic (exact) mass is 426 g/mol. The van der Waals surface area contributed by atoms with Crippen molar-refractivity contribution in [3.63, 3.8) is 0 Å². The van der Waals surface area contributed by atoms with Crippen LogP contribution < -0.4 is 10.2 Å². The zero-order valence-electron chi connectivity index (χ0n) is 18.6. The number of anilines is 1. The van der Waals surface area contributed by atoms with Crippen LogP contribution >= 0.6 is 0 Å². The highest BCUT2D eigenvalue weighted by molar-refractivity contribution is 5.79. The number of nitrogens with one attached hydrogen (secondary N) is 1. The Labute approximate surface area is 189 Å². The molecule has 5 rings (SSSR count). The Bertz CT molecular complexity index is 1090. The molecule has 1 fully saturated rings. The molecule has 0 bridgehead atoms. The maximum Gasteiger partial charge on any atom is 0.223 e. The number of carbonyl (C=O) groups excluding carboxylic acids is 1. The maximum atomic E-state index is 13.0. The minimum absolute atomic E-state index is 0.0683. The van der Waals surface area contributed by atoms with Gasteiger partial charge in [0, 0.05) is 30.8 Å². The van der Waals surface area contributed by atoms with Crippen molar-refractivity contribution in [2.75, 3.05) is 18.0 Å². The van der Waals surface area contributed by atoms with Crippen molar-refractivity contribution in [3.05, 3.63) is 77.5 Å². The lowest BCUT2D eigenvalue weighted by Crippen LogP contribution is -2.42. The molecule has 0 spiro atoms. The summed E-state index contributed by atoms with van der Waals surface area (Å²) in [6, 6.07) is 19.0. The van der Waals surface area contributed by atoms with Crippen molar-refractivity contribution in [3.8, 4) is 11.4 Å². The topological polar surface area (TPSA) is 58.1 Å². The Hall–Kier alpha value is -3.21. The maximum absolute atomic E-state index is 13.0. The molecular weight excluding hydrogens is 396 g/mol. The minimum atomic E-state index is 0.0683. The van der Waals surface area contributed by atoms with Gasteiger partial charge in [0.2, 0.25) is 5.91 Å². The van der Waals surface area contributed by atoms with Crippen LogP contribution in [-0.4, -0.2) is 29.0 Å². The number of benzene rings is 2. The molecule has 32 heavy (non-hydrogen) atoms. The van der Waals surface area contributed by atoms with Crippen LogP contribution in [0.1, 0.15) is 48.4 Å². The molecule has 2 heterocycles. The number of hydrogen-bond donors (Lipinski definition) is 1. The highest BCUT2D eigenvalue weighted by Gasteiger charge is 2.29. The molecule has 0 radical (unpaired) electrons. The van der Waals surface area contributed by atoms with Crippen LogP contribution in [0.15, 0.2) is 60.8 Å². The summed E-state index contributed by atoms with van der Waals surface area (Å²) in [5, 5.41) is 3.35. The van der Waals surface area contributed by atoms with E-state index in [2.05, 4.69) is 70.7 Å². The lowest BCUT2D eigenvalue weighted by molar-refractivity contribution is -0.126. The Morgan fingerprint density at radius 3 is 2.59 bits per heavy atom. The van der Waals surface area contributed by atoms with E-state index >= 15 is 0 Å². The summed E-state index contributed by atoms with van der Waals surface area (Å²) in [6.07, 6.45) is 6.82. The fourth-order valence-electron chi connectivity index (χ4n) is 4.93. The molecular formula is C27H30N4O. The van der Waals surface area contributed by atoms with Gasteiger partial charge in [0.25, 0.3) is 0 Å². The van der Waals surface area contributed by atoms with Gasteiger partial charge in [0.05, 0.1) is 6.04 Å². The molecule has 164 valence electrons. The molecule has 1 aliphatic heterocycles. The Balaban J connectivity index is 1.21. The van der Waals surface area contributed by atoms with Gasteiger partial charge < -0.3 is 10.2 Å². The highest BCUT2D eigenvalue weighted by Crippen LogP contribution is 2.31. The van der Waals surface area contributed by atoms with Gasteiger partial charge in [0.15, 0.2) is 5.82 Å². The summed E-state index contributed by atoms with van der Waals surface area (Å²) < 4.78 is 0. The molecule has 5 nitrogen and oxygen atoms in total. The third-order valence-corrected chi connectivity index (χ3v) is 6.83. The first-order chi connectivity index (χ1) is 15.7. The molecule has 1 N–H and O–H groups in total. The number of nitrogens with zero attached hydrogens (tertiary/aromatic N) is 3. The summed E-state index contributed by atoms with van der Waals surface area (Å²) in [7, 11) is 0. The van der Waals surface area contributed by atoms with Gasteiger partial charge in [0.1, 0.15) is 5.82 Å². The zero-order chi connectivity index (χ0) is 21.9. The molecule has 0 saturated carbocycles. The molecule has 1 atom stereocenters. The smallest absolute Gasteiger partial charge is 0.223 e. The lowest BCUT2D eigenvalue weighted by Gasteiger charge is -2.34. The van der Waals surface area contributed by atoms with Crippen molar-refractivity contribution in [1.82, 2.24) is 15.3 Å². The highest BCUT2D eigenvalue weighted by atomic mass is 16.1. The summed E-state index contributed by atoms with van der Waals surface area (Å²) in [6.45, 7) is 3.75. The van der Waals surface area contributed by atoms with Crippen LogP contribution in [0.25, 0.3) is 11.4 Å². The van der Waals surface area contributed by atoms with Crippen LogP contribution in [0, 0.1) is 12.8 Å². The number of aryl methyl sites for hydroxylation is 2. The number of piperidine rings is 1. The van der Waals surface area contributed by atoms with Gasteiger partial charge >= 0.3 is 0 Å². The predicted molar refractivity (Wildman–Crippen MR) is 127 cm³/mol. The normalized spacial score (nSPS) is 18.8. The number of carbonyl (C=O) groups is 1. The van der Waals surface area contributed by atoms with Crippen LogP contribution in [0.4, 0.5) is 5.82 Å². The van der Waals surface area contributed by atoms with Crippen LogP contribution in [0.5, 0.6) is 0 Å². The van der Waals surface area contributed by atoms with Gasteiger partial charge in [-0.25, -0.2) is 9.97 Å². The number of amides is 1. The standard InChI is InChI=1S/C27H30N4O/c1-19-9-11-21(12-10-19)26-28-16-13-25(30-26)31-17-14-22(15-18-31)27(32)29-24-8-4-6-20-5-2-3-7-23(20)24/h2-3,5,7,9-13,16,22,24H,4,6,8,14-15,17-18H2,1H3,(H,29,32)/t24-/m0/s1. The van der Waals surface area contributed by atoms with E-state index in [1.54, 1.807) is 0 Å². The number of aromatic nitrogens is 2. The molecule has 3 aromatic rings. The third kappa shape index (κ3) is 4.38. The van der Waals surface area contributed by atoms with Crippen LogP contribution in [-0.2, 0) is 11.2 Å². The van der Waals surface area contributed by atoms with E-state index in [9.17, 15) is 4.79 Å². The lowest BCUT2D eigenvalue weighted by atomic mass is 9.87. The zero-order valence-corrected chi connectivity index (χ0v) is 18.6. The van der Waals surface area contributed by atoms with Crippen molar-refractivity contribution >= 4 is 11.7 Å². The van der Waals surface area contributed by atoms with Gasteiger partial charge in [-0.2, -0.15) is 0 Å². The van der Waals surface area contributed by atoms with Crippen LogP contribution in [0.3, 0.4) is 0 Å². The molecule has 2 aromatic carbocycles. The Morgan fingerprint density at radius 2 is 1.78 bits per heavy atom. The molecule has 2 aliphatic rings. The van der Waals surface area contributed by atoms with Gasteiger partial charge in [-0.15, -0.1) is 0 Å². The summed E-state index contributed by atoms with van der Waals surface area (Å²) in [5.74, 6) is 1.96. The summed E-state index contributed by atoms with van der Waals surface area (Å²) in [5.41, 5.74) is 4.93. The van der Waals surface area contributed by atoms with E-state index in [4.69, 9.17) is 4.98 Å². The third-order valence-electron chi connectivity index (χ3n) is 6.83. The van der Waals surface area contributed by atoms with Crippen molar-refractivity contribution in [1.29, 1.82) is 0 Å². The fraction of sp³-hybridized carbons (Fsp3) is 0.370. The second-order valence-corrected chi connectivity index (χ2v) is 9.02. The Morgan fingerprint density at radius 1 is 1.00 bits per heavy atom. The second-order valence-electron chi connectivity index (χ2n) is 9.02. The quantitative estimate of drug-likeness (QED) is 0.647. The van der Waals surface area contributed by atoms with E-state index < -0.39 is 0 Å². The molecule has 1 aliphatic carbocycles. The fourth-order valence-corrected chi connectivity index (χ4v) is 4.93. The van der Waals surface area contributed by atoms with Crippen LogP contribution in [0.2, 0.25) is 0 Å². The molecule has 0 unspecified atom stereocenters. The minimum Gasteiger partial charge on any atom is -0.356 e. The first-order valence-electron chi connectivity index (χ1n) is 11.7. The van der Waals surface area contributed by atoms with E-state index in [1.165, 1.54) is 16.7 Å². The summed E-state index contributed by atoms with van der Waals surface area (Å²) in [4.78, 5) is 24.6. The molecule has 1 saturated heterocycles. The van der Waals surface area contributed by atoms with Gasteiger partial charge in [-0.1, -0.05) is 54.1 Å². The predicted octanol–water partition coefficient (Wildman–Crippen LogP) is 4.86. The average molecular weight is 427 g/mol. The van der Waals surface area contributed by atoms with Crippen molar-refractivity contribution in [2.45, 2.75) is 45.1 Å². The van der Waals surface area contributed by atoms with E-state index in [-0.39, 0.29) is 17.9 Å². The molecule has 5 heteroatoms. The van der Waals surface area contributed by atoms with E-state index in [0.29, 0.717) is 0 Å². The molecule has 1 aromatic heterocycles. The van der Waals surface area contributed by atoms with E-state index in [1.807, 2.05) is 12.3 Å². The second kappa shape index (κ2) is 9.11. The van der Waals surface area contributed by atoms with Gasteiger partial charge in [-0.05, 0) is 56.2 Å². The average Bonchev–Trinajstić information content (AvgIpc) is 2.85. The first-order valence-corrected chi connectivity index (χ1v) is 11.7. The van der Waals surface area contributed by atoms with E-state index in [0.717, 1.165) is 62.4 Å². The number of hydrogen-bond acceptors (Lipinski definition) is 4. The number of rotatable bonds is 4. The summed E-state index contributed by atoms with van der Waals surface area (Å²) >= 11 is 0. The van der Waals surface area contributed by atoms with Crippen molar-refractivity contribution in [2.24, 2.45) is 5.92 Å². The first kappa shape index (κ1) is 20.7.